The SMILES string of the molecule is CCCCC1CCC(c2cc(=O)n(Cc3ccc(-c4ccccc4C#N)nc3)c(-c3ncc(OCC)cn3)n2)CC1. The van der Waals surface area contributed by atoms with Crippen LogP contribution in [0.1, 0.15) is 81.5 Å². The Morgan fingerprint density at radius 1 is 1.00 bits per heavy atom. The van der Waals surface area contributed by atoms with Crippen LogP contribution in [0.15, 0.2) is 65.8 Å². The second-order valence-corrected chi connectivity index (χ2v) is 10.7. The van der Waals surface area contributed by atoms with Crippen LogP contribution in [0, 0.1) is 17.2 Å². The summed E-state index contributed by atoms with van der Waals surface area (Å²) in [6.07, 6.45) is 13.2. The Bertz CT molecular complexity index is 1550. The van der Waals surface area contributed by atoms with Gasteiger partial charge >= 0.3 is 0 Å². The lowest BCUT2D eigenvalue weighted by molar-refractivity contribution is 0.301. The molecule has 5 rings (SSSR count). The van der Waals surface area contributed by atoms with E-state index < -0.39 is 0 Å². The number of hydrogen-bond donors (Lipinski definition) is 0. The van der Waals surface area contributed by atoms with Crippen molar-refractivity contribution in [3.8, 4) is 34.7 Å². The van der Waals surface area contributed by atoms with Crippen LogP contribution < -0.4 is 10.3 Å². The lowest BCUT2D eigenvalue weighted by atomic mass is 9.78. The average Bonchev–Trinajstić information content (AvgIpc) is 3.02. The molecule has 8 nitrogen and oxygen atoms in total. The number of ether oxygens (including phenoxy) is 1. The number of nitriles is 1. The van der Waals surface area contributed by atoms with Crippen molar-refractivity contribution in [2.75, 3.05) is 6.61 Å². The van der Waals surface area contributed by atoms with Crippen molar-refractivity contribution in [2.45, 2.75) is 71.3 Å². The molecule has 1 aliphatic carbocycles. The third-order valence-electron chi connectivity index (χ3n) is 7.89. The summed E-state index contributed by atoms with van der Waals surface area (Å²) in [6.45, 7) is 4.94. The molecule has 0 aliphatic heterocycles. The highest BCUT2D eigenvalue weighted by atomic mass is 16.5. The smallest absolute Gasteiger partial charge is 0.254 e. The molecule has 0 spiro atoms. The lowest BCUT2D eigenvalue weighted by Gasteiger charge is -2.28. The Kier molecular flexibility index (Phi) is 9.15. The molecule has 0 saturated heterocycles. The Morgan fingerprint density at radius 2 is 1.78 bits per heavy atom. The molecule has 1 aromatic carbocycles. The van der Waals surface area contributed by atoms with Gasteiger partial charge in [0, 0.05) is 23.7 Å². The fourth-order valence-electron chi connectivity index (χ4n) is 5.63. The summed E-state index contributed by atoms with van der Waals surface area (Å²) in [7, 11) is 0. The normalized spacial score (nSPS) is 16.7. The molecule has 0 atom stereocenters. The van der Waals surface area contributed by atoms with Crippen molar-refractivity contribution in [1.29, 1.82) is 5.26 Å². The van der Waals surface area contributed by atoms with Crippen molar-refractivity contribution in [1.82, 2.24) is 24.5 Å². The van der Waals surface area contributed by atoms with E-state index in [9.17, 15) is 10.1 Å². The van der Waals surface area contributed by atoms with E-state index in [1.165, 1.54) is 32.1 Å². The first-order chi connectivity index (χ1) is 20.1. The van der Waals surface area contributed by atoms with Crippen molar-refractivity contribution in [3.63, 3.8) is 0 Å². The zero-order valence-electron chi connectivity index (χ0n) is 23.8. The first kappa shape index (κ1) is 28.2. The summed E-state index contributed by atoms with van der Waals surface area (Å²) in [5, 5.41) is 9.47. The highest BCUT2D eigenvalue weighted by Gasteiger charge is 2.25. The maximum Gasteiger partial charge on any atom is 0.254 e. The van der Waals surface area contributed by atoms with Crippen LogP contribution in [0.25, 0.3) is 22.9 Å². The van der Waals surface area contributed by atoms with Gasteiger partial charge in [-0.25, -0.2) is 15.0 Å². The topological polar surface area (TPSA) is 107 Å². The van der Waals surface area contributed by atoms with E-state index in [1.807, 2.05) is 37.3 Å². The molecule has 3 heterocycles. The third-order valence-corrected chi connectivity index (χ3v) is 7.89. The number of aromatic nitrogens is 5. The molecule has 1 saturated carbocycles. The Morgan fingerprint density at radius 3 is 2.46 bits per heavy atom. The fourth-order valence-corrected chi connectivity index (χ4v) is 5.63. The van der Waals surface area contributed by atoms with Gasteiger partial charge in [-0.1, -0.05) is 50.5 Å². The van der Waals surface area contributed by atoms with Gasteiger partial charge in [-0.05, 0) is 56.2 Å². The van der Waals surface area contributed by atoms with Gasteiger partial charge in [-0.3, -0.25) is 14.3 Å². The molecule has 0 unspecified atom stereocenters. The van der Waals surface area contributed by atoms with Gasteiger partial charge in [0.25, 0.3) is 5.56 Å². The monoisotopic (exact) mass is 548 g/mol. The van der Waals surface area contributed by atoms with E-state index in [0.717, 1.165) is 35.6 Å². The van der Waals surface area contributed by atoms with Crippen LogP contribution >= 0.6 is 0 Å². The first-order valence-electron chi connectivity index (χ1n) is 14.6. The van der Waals surface area contributed by atoms with Crippen molar-refractivity contribution in [2.24, 2.45) is 5.92 Å². The second kappa shape index (κ2) is 13.3. The first-order valence-corrected chi connectivity index (χ1v) is 14.6. The van der Waals surface area contributed by atoms with E-state index >= 15 is 0 Å². The molecule has 0 radical (unpaired) electrons. The van der Waals surface area contributed by atoms with Crippen molar-refractivity contribution in [3.05, 3.63) is 88.2 Å². The number of nitrogens with zero attached hydrogens (tertiary/aromatic N) is 6. The molecule has 0 N–H and O–H groups in total. The van der Waals surface area contributed by atoms with Crippen LogP contribution in [0.4, 0.5) is 0 Å². The summed E-state index contributed by atoms with van der Waals surface area (Å²) < 4.78 is 7.14. The van der Waals surface area contributed by atoms with Gasteiger partial charge in [0.2, 0.25) is 0 Å². The zero-order valence-corrected chi connectivity index (χ0v) is 23.8. The summed E-state index contributed by atoms with van der Waals surface area (Å²) in [6, 6.07) is 15.1. The highest BCUT2D eigenvalue weighted by Crippen LogP contribution is 2.37. The van der Waals surface area contributed by atoms with Crippen LogP contribution in [-0.4, -0.2) is 31.1 Å². The Labute approximate surface area is 241 Å². The van der Waals surface area contributed by atoms with Gasteiger partial charge < -0.3 is 4.74 Å². The summed E-state index contributed by atoms with van der Waals surface area (Å²) in [5.41, 5.74) is 3.58. The quantitative estimate of drug-likeness (QED) is 0.221. The van der Waals surface area contributed by atoms with Crippen LogP contribution in [0.5, 0.6) is 5.75 Å². The molecule has 1 fully saturated rings. The maximum absolute atomic E-state index is 13.6. The number of hydrogen-bond acceptors (Lipinski definition) is 7. The lowest BCUT2D eigenvalue weighted by Crippen LogP contribution is -2.26. The van der Waals surface area contributed by atoms with Crippen LogP contribution in [-0.2, 0) is 6.54 Å². The standard InChI is InChI=1S/C33H36N6O2/c1-3-5-8-23-11-14-25(15-12-23)30-17-31(40)39(33(38-30)32-36-20-27(21-37-32)41-4-2)22-24-13-16-29(35-19-24)28-10-7-6-9-26(28)18-34/h6-7,9-10,13,16-17,19-21,23,25H,3-5,8,11-12,14-15,22H2,1-2H3. The predicted molar refractivity (Wildman–Crippen MR) is 158 cm³/mol. The second-order valence-electron chi connectivity index (χ2n) is 10.7. The highest BCUT2D eigenvalue weighted by molar-refractivity contribution is 5.67. The molecule has 210 valence electrons. The van der Waals surface area contributed by atoms with Gasteiger partial charge in [0.05, 0.1) is 48.6 Å². The van der Waals surface area contributed by atoms with Crippen LogP contribution in [0.3, 0.4) is 0 Å². The van der Waals surface area contributed by atoms with E-state index in [4.69, 9.17) is 9.72 Å². The van der Waals surface area contributed by atoms with Gasteiger partial charge in [-0.15, -0.1) is 0 Å². The molecule has 4 aromatic rings. The Hall–Kier alpha value is -4.38. The maximum atomic E-state index is 13.6. The molecule has 1 aliphatic rings. The number of benzene rings is 1. The predicted octanol–water partition coefficient (Wildman–Crippen LogP) is 6.54. The van der Waals surface area contributed by atoms with Gasteiger partial charge in [0.1, 0.15) is 0 Å². The van der Waals surface area contributed by atoms with Crippen molar-refractivity contribution >= 4 is 0 Å². The molecule has 8 heteroatoms. The van der Waals surface area contributed by atoms with Crippen LogP contribution in [0.2, 0.25) is 0 Å². The molecule has 0 amide bonds. The fraction of sp³-hybridized carbons (Fsp3) is 0.394. The third kappa shape index (κ3) is 6.68. The zero-order chi connectivity index (χ0) is 28.6. The van der Waals surface area contributed by atoms with E-state index in [2.05, 4.69) is 27.9 Å². The van der Waals surface area contributed by atoms with E-state index in [1.54, 1.807) is 35.3 Å². The molecule has 0 bridgehead atoms. The number of unbranched alkanes of at least 4 members (excludes halogenated alkanes) is 1. The Balaban J connectivity index is 1.45. The summed E-state index contributed by atoms with van der Waals surface area (Å²) in [5.74, 6) is 2.44. The summed E-state index contributed by atoms with van der Waals surface area (Å²) in [4.78, 5) is 32.3. The van der Waals surface area contributed by atoms with Gasteiger partial charge in [-0.2, -0.15) is 5.26 Å². The van der Waals surface area contributed by atoms with E-state index in [-0.39, 0.29) is 18.0 Å². The minimum absolute atomic E-state index is 0.130. The molecular weight excluding hydrogens is 512 g/mol. The number of rotatable bonds is 10. The van der Waals surface area contributed by atoms with E-state index in [0.29, 0.717) is 35.3 Å². The molecule has 3 aromatic heterocycles. The average molecular weight is 549 g/mol. The van der Waals surface area contributed by atoms with Gasteiger partial charge in [0.15, 0.2) is 17.4 Å². The van der Waals surface area contributed by atoms with Crippen molar-refractivity contribution < 1.29 is 4.74 Å². The molecule has 41 heavy (non-hydrogen) atoms. The largest absolute Gasteiger partial charge is 0.491 e. The summed E-state index contributed by atoms with van der Waals surface area (Å²) >= 11 is 0. The number of pyridine rings is 1. The minimum Gasteiger partial charge on any atom is -0.491 e. The molecular formula is C33H36N6O2. The minimum atomic E-state index is -0.130.